The van der Waals surface area contributed by atoms with Crippen molar-refractivity contribution < 1.29 is 4.79 Å². The van der Waals surface area contributed by atoms with Gasteiger partial charge in [0.15, 0.2) is 0 Å². The lowest BCUT2D eigenvalue weighted by Gasteiger charge is -2.36. The molecule has 14 heavy (non-hydrogen) atoms. The van der Waals surface area contributed by atoms with Gasteiger partial charge in [-0.25, -0.2) is 0 Å². The second-order valence-electron chi connectivity index (χ2n) is 4.19. The Hall–Kier alpha value is -0.830. The summed E-state index contributed by atoms with van der Waals surface area (Å²) in [4.78, 5) is 13.8. The zero-order chi connectivity index (χ0) is 10.6. The van der Waals surface area contributed by atoms with Gasteiger partial charge in [-0.1, -0.05) is 6.08 Å². The van der Waals surface area contributed by atoms with Gasteiger partial charge < -0.3 is 10.2 Å². The Morgan fingerprint density at radius 3 is 2.86 bits per heavy atom. The number of carbonyl (C=O) groups excluding carboxylic acids is 1. The van der Waals surface area contributed by atoms with Crippen LogP contribution in [0.5, 0.6) is 0 Å². The first kappa shape index (κ1) is 11.2. The van der Waals surface area contributed by atoms with Crippen LogP contribution < -0.4 is 5.32 Å². The average Bonchev–Trinajstić information content (AvgIpc) is 2.18. The topological polar surface area (TPSA) is 32.3 Å². The van der Waals surface area contributed by atoms with Crippen molar-refractivity contribution in [2.24, 2.45) is 0 Å². The molecule has 0 aromatic heterocycles. The summed E-state index contributed by atoms with van der Waals surface area (Å²) in [7, 11) is 1.82. The summed E-state index contributed by atoms with van der Waals surface area (Å²) >= 11 is 0. The molecule has 1 aliphatic heterocycles. The van der Waals surface area contributed by atoms with Gasteiger partial charge >= 0.3 is 0 Å². The van der Waals surface area contributed by atoms with Crippen LogP contribution in [0, 0.1) is 0 Å². The summed E-state index contributed by atoms with van der Waals surface area (Å²) in [5.74, 6) is 0.178. The fraction of sp³-hybridized carbons (Fsp3) is 0.727. The van der Waals surface area contributed by atoms with Crippen LogP contribution in [-0.4, -0.2) is 36.5 Å². The summed E-state index contributed by atoms with van der Waals surface area (Å²) in [6, 6.07) is 0. The zero-order valence-corrected chi connectivity index (χ0v) is 9.18. The van der Waals surface area contributed by atoms with Gasteiger partial charge in [-0.05, 0) is 32.7 Å². The van der Waals surface area contributed by atoms with Crippen molar-refractivity contribution in [1.82, 2.24) is 10.2 Å². The Kier molecular flexibility index (Phi) is 3.69. The van der Waals surface area contributed by atoms with E-state index in [-0.39, 0.29) is 11.4 Å². The van der Waals surface area contributed by atoms with Gasteiger partial charge in [0, 0.05) is 13.6 Å². The van der Waals surface area contributed by atoms with Gasteiger partial charge in [-0.2, -0.15) is 0 Å². The molecule has 1 amide bonds. The van der Waals surface area contributed by atoms with E-state index >= 15 is 0 Å². The highest BCUT2D eigenvalue weighted by Gasteiger charge is 2.35. The summed E-state index contributed by atoms with van der Waals surface area (Å²) in [5, 5.41) is 3.31. The van der Waals surface area contributed by atoms with E-state index in [1.807, 2.05) is 14.0 Å². The number of nitrogens with zero attached hydrogens (tertiary/aromatic N) is 1. The molecule has 1 atom stereocenters. The molecule has 1 aliphatic rings. The molecular formula is C11H20N2O. The SMILES string of the molecule is C=CCN(C)C(=O)C1(C)CCCCN1. The molecule has 0 aliphatic carbocycles. The molecule has 1 heterocycles. The molecular weight excluding hydrogens is 176 g/mol. The lowest BCUT2D eigenvalue weighted by atomic mass is 9.89. The van der Waals surface area contributed by atoms with E-state index in [1.165, 1.54) is 6.42 Å². The van der Waals surface area contributed by atoms with Crippen LogP contribution in [-0.2, 0) is 4.79 Å². The van der Waals surface area contributed by atoms with Gasteiger partial charge in [0.25, 0.3) is 0 Å². The maximum Gasteiger partial charge on any atom is 0.242 e. The fourth-order valence-electron chi connectivity index (χ4n) is 1.94. The van der Waals surface area contributed by atoms with Crippen molar-refractivity contribution >= 4 is 5.91 Å². The Labute approximate surface area is 86.2 Å². The van der Waals surface area contributed by atoms with Gasteiger partial charge in [-0.15, -0.1) is 6.58 Å². The first-order chi connectivity index (χ1) is 6.60. The highest BCUT2D eigenvalue weighted by Crippen LogP contribution is 2.20. The first-order valence-electron chi connectivity index (χ1n) is 5.21. The number of piperidine rings is 1. The Balaban J connectivity index is 2.60. The molecule has 0 aromatic carbocycles. The quantitative estimate of drug-likeness (QED) is 0.687. The number of likely N-dealkylation sites (N-methyl/N-ethyl adjacent to an activating group) is 1. The molecule has 0 bridgehead atoms. The maximum atomic E-state index is 12.0. The van der Waals surface area contributed by atoms with E-state index in [4.69, 9.17) is 0 Å². The van der Waals surface area contributed by atoms with Crippen LogP contribution in [0.4, 0.5) is 0 Å². The average molecular weight is 196 g/mol. The first-order valence-corrected chi connectivity index (χ1v) is 5.21. The predicted octanol–water partition coefficient (Wildman–Crippen LogP) is 1.16. The number of hydrogen-bond acceptors (Lipinski definition) is 2. The van der Waals surface area contributed by atoms with E-state index < -0.39 is 0 Å². The maximum absolute atomic E-state index is 12.0. The molecule has 0 radical (unpaired) electrons. The van der Waals surface area contributed by atoms with Crippen molar-refractivity contribution in [1.29, 1.82) is 0 Å². The van der Waals surface area contributed by atoms with Crippen molar-refractivity contribution in [3.05, 3.63) is 12.7 Å². The molecule has 80 valence electrons. The van der Waals surface area contributed by atoms with E-state index in [1.54, 1.807) is 11.0 Å². The summed E-state index contributed by atoms with van der Waals surface area (Å²) in [5.41, 5.74) is -0.351. The molecule has 3 nitrogen and oxygen atoms in total. The van der Waals surface area contributed by atoms with Crippen LogP contribution in [0.3, 0.4) is 0 Å². The van der Waals surface area contributed by atoms with Crippen LogP contribution in [0.1, 0.15) is 26.2 Å². The third-order valence-corrected chi connectivity index (χ3v) is 2.84. The molecule has 1 rings (SSSR count). The fourth-order valence-corrected chi connectivity index (χ4v) is 1.94. The van der Waals surface area contributed by atoms with Gasteiger partial charge in [-0.3, -0.25) is 4.79 Å². The third kappa shape index (κ3) is 2.35. The van der Waals surface area contributed by atoms with E-state index in [0.717, 1.165) is 19.4 Å². The van der Waals surface area contributed by atoms with Crippen LogP contribution in [0.15, 0.2) is 12.7 Å². The van der Waals surface area contributed by atoms with E-state index in [9.17, 15) is 4.79 Å². The Bertz CT molecular complexity index is 219. The lowest BCUT2D eigenvalue weighted by Crippen LogP contribution is -2.57. The zero-order valence-electron chi connectivity index (χ0n) is 9.18. The standard InChI is InChI=1S/C11H20N2O/c1-4-9-13(3)10(14)11(2)7-5-6-8-12-11/h4,12H,1,5-9H2,2-3H3. The van der Waals surface area contributed by atoms with Gasteiger partial charge in [0.2, 0.25) is 5.91 Å². The molecule has 1 saturated heterocycles. The molecule has 1 unspecified atom stereocenters. The normalized spacial score (nSPS) is 27.0. The lowest BCUT2D eigenvalue weighted by molar-refractivity contribution is -0.136. The highest BCUT2D eigenvalue weighted by molar-refractivity contribution is 5.86. The number of carbonyl (C=O) groups is 1. The summed E-state index contributed by atoms with van der Waals surface area (Å²) < 4.78 is 0. The van der Waals surface area contributed by atoms with E-state index in [2.05, 4.69) is 11.9 Å². The largest absolute Gasteiger partial charge is 0.340 e. The molecule has 1 N–H and O–H groups in total. The number of nitrogens with one attached hydrogen (secondary N) is 1. The Morgan fingerprint density at radius 2 is 2.36 bits per heavy atom. The molecule has 0 aromatic rings. The monoisotopic (exact) mass is 196 g/mol. The molecule has 3 heteroatoms. The Morgan fingerprint density at radius 1 is 1.64 bits per heavy atom. The minimum absolute atomic E-state index is 0.178. The summed E-state index contributed by atoms with van der Waals surface area (Å²) in [6.07, 6.45) is 5.00. The second kappa shape index (κ2) is 4.60. The predicted molar refractivity (Wildman–Crippen MR) is 58.1 cm³/mol. The highest BCUT2D eigenvalue weighted by atomic mass is 16.2. The smallest absolute Gasteiger partial charge is 0.242 e. The minimum Gasteiger partial charge on any atom is -0.340 e. The van der Waals surface area contributed by atoms with Gasteiger partial charge in [0.1, 0.15) is 0 Å². The van der Waals surface area contributed by atoms with Crippen molar-refractivity contribution in [3.63, 3.8) is 0 Å². The number of hydrogen-bond donors (Lipinski definition) is 1. The number of rotatable bonds is 3. The van der Waals surface area contributed by atoms with Crippen molar-refractivity contribution in [2.75, 3.05) is 20.1 Å². The van der Waals surface area contributed by atoms with Crippen LogP contribution in [0.2, 0.25) is 0 Å². The number of amides is 1. The van der Waals surface area contributed by atoms with Crippen molar-refractivity contribution in [2.45, 2.75) is 31.7 Å². The molecule has 1 fully saturated rings. The molecule has 0 saturated carbocycles. The van der Waals surface area contributed by atoms with Crippen LogP contribution >= 0.6 is 0 Å². The summed E-state index contributed by atoms with van der Waals surface area (Å²) in [6.45, 7) is 7.20. The molecule has 0 spiro atoms. The van der Waals surface area contributed by atoms with Crippen molar-refractivity contribution in [3.8, 4) is 0 Å². The second-order valence-corrected chi connectivity index (χ2v) is 4.19. The van der Waals surface area contributed by atoms with E-state index in [0.29, 0.717) is 6.54 Å². The van der Waals surface area contributed by atoms with Gasteiger partial charge in [0.05, 0.1) is 5.54 Å². The van der Waals surface area contributed by atoms with Crippen LogP contribution in [0.25, 0.3) is 0 Å². The minimum atomic E-state index is -0.351. The third-order valence-electron chi connectivity index (χ3n) is 2.84.